The van der Waals surface area contributed by atoms with Crippen molar-refractivity contribution >= 4 is 45.5 Å². The van der Waals surface area contributed by atoms with Crippen molar-refractivity contribution < 1.29 is 13.7 Å². The molecule has 0 aromatic carbocycles. The molecule has 0 rings (SSSR count). The van der Waals surface area contributed by atoms with Gasteiger partial charge in [0.25, 0.3) is 0 Å². The van der Waals surface area contributed by atoms with Gasteiger partial charge in [-0.3, -0.25) is 4.79 Å². The predicted molar refractivity (Wildman–Crippen MR) is 91.2 cm³/mol. The third-order valence-electron chi connectivity index (χ3n) is 2.36. The summed E-state index contributed by atoms with van der Waals surface area (Å²) in [7, 11) is 0.0254. The van der Waals surface area contributed by atoms with E-state index in [0.717, 1.165) is 4.48 Å². The van der Waals surface area contributed by atoms with Crippen molar-refractivity contribution in [3.8, 4) is 0 Å². The fourth-order valence-corrected chi connectivity index (χ4v) is 2.26. The molecule has 7 heteroatoms. The van der Waals surface area contributed by atoms with Gasteiger partial charge in [0.1, 0.15) is 0 Å². The Kier molecular flexibility index (Phi) is 8.32. The fraction of sp³-hybridized carbons (Fsp3) is 0.615. The van der Waals surface area contributed by atoms with Crippen LogP contribution in [0.2, 0.25) is 0 Å². The lowest BCUT2D eigenvalue weighted by Crippen LogP contribution is -2.48. The number of esters is 1. The van der Waals surface area contributed by atoms with E-state index in [1.165, 1.54) is 7.11 Å². The van der Waals surface area contributed by atoms with Gasteiger partial charge in [-0.1, -0.05) is 22.0 Å². The van der Waals surface area contributed by atoms with Gasteiger partial charge in [0.05, 0.1) is 34.8 Å². The first-order valence-corrected chi connectivity index (χ1v) is 8.45. The van der Waals surface area contributed by atoms with Gasteiger partial charge < -0.3 is 4.74 Å². The molecular weight excluding hydrogens is 362 g/mol. The van der Waals surface area contributed by atoms with E-state index in [1.807, 2.05) is 20.8 Å². The average molecular weight is 384 g/mol. The summed E-state index contributed by atoms with van der Waals surface area (Å²) in [6.07, 6.45) is 3.60. The number of hydrogen-bond acceptors (Lipinski definition) is 4. The van der Waals surface area contributed by atoms with Gasteiger partial charge >= 0.3 is 5.97 Å². The van der Waals surface area contributed by atoms with Crippen molar-refractivity contribution in [1.82, 2.24) is 4.72 Å². The molecule has 116 valence electrons. The quantitative estimate of drug-likeness (QED) is 0.420. The molecule has 0 amide bonds. The first-order chi connectivity index (χ1) is 9.04. The Labute approximate surface area is 137 Å². The highest BCUT2D eigenvalue weighted by atomic mass is 79.9. The molecular formula is C13H22BrNO3S2. The van der Waals surface area contributed by atoms with Crippen LogP contribution in [-0.2, 0) is 20.5 Å². The number of allylic oxidation sites excluding steroid dienone is 2. The molecule has 0 saturated heterocycles. The number of hydrogen-bond donors (Lipinski definition) is 2. The third kappa shape index (κ3) is 7.61. The largest absolute Gasteiger partial charge is 0.469 e. The zero-order valence-electron chi connectivity index (χ0n) is 12.4. The SMILES string of the molecule is COC(=O)C[C@@](C)(/C=C/C(Br)=C\S)NS(=O)C(C)(C)C. The van der Waals surface area contributed by atoms with Gasteiger partial charge in [-0.05, 0) is 39.2 Å². The van der Waals surface area contributed by atoms with Crippen LogP contribution in [0.25, 0.3) is 0 Å². The lowest BCUT2D eigenvalue weighted by atomic mass is 9.99. The molecule has 0 saturated carbocycles. The summed E-state index contributed by atoms with van der Waals surface area (Å²) in [5, 5.41) is 1.58. The first-order valence-electron chi connectivity index (χ1n) is 6.00. The molecule has 4 nitrogen and oxygen atoms in total. The van der Waals surface area contributed by atoms with E-state index in [2.05, 4.69) is 33.3 Å². The number of carbonyl (C=O) groups excluding carboxylic acids is 1. The molecule has 0 aliphatic carbocycles. The summed E-state index contributed by atoms with van der Waals surface area (Å²) in [5.41, 5.74) is -0.777. The second kappa shape index (κ2) is 8.36. The number of carbonyl (C=O) groups is 1. The van der Waals surface area contributed by atoms with E-state index >= 15 is 0 Å². The maximum Gasteiger partial charge on any atom is 0.307 e. The van der Waals surface area contributed by atoms with Crippen molar-refractivity contribution in [1.29, 1.82) is 0 Å². The monoisotopic (exact) mass is 383 g/mol. The molecule has 0 aromatic rings. The summed E-state index contributed by atoms with van der Waals surface area (Å²) in [5.74, 6) is -0.374. The number of ether oxygens (including phenoxy) is 1. The smallest absolute Gasteiger partial charge is 0.307 e. The van der Waals surface area contributed by atoms with Crippen LogP contribution in [-0.4, -0.2) is 27.6 Å². The molecule has 0 aliphatic rings. The Hall–Kier alpha value is -0.110. The van der Waals surface area contributed by atoms with E-state index in [-0.39, 0.29) is 12.4 Å². The van der Waals surface area contributed by atoms with E-state index < -0.39 is 21.3 Å². The van der Waals surface area contributed by atoms with Crippen LogP contribution in [0.4, 0.5) is 0 Å². The van der Waals surface area contributed by atoms with Crippen molar-refractivity contribution in [2.24, 2.45) is 0 Å². The van der Waals surface area contributed by atoms with Gasteiger partial charge in [-0.15, -0.1) is 0 Å². The Balaban J connectivity index is 5.21. The Bertz CT molecular complexity index is 430. The molecule has 0 aliphatic heterocycles. The van der Waals surface area contributed by atoms with Gasteiger partial charge in [0, 0.05) is 4.48 Å². The van der Waals surface area contributed by atoms with Crippen LogP contribution in [0, 0.1) is 0 Å². The van der Waals surface area contributed by atoms with Crippen LogP contribution < -0.4 is 4.72 Å². The summed E-state index contributed by atoms with van der Waals surface area (Å²) in [6.45, 7) is 7.38. The second-order valence-electron chi connectivity index (χ2n) is 5.50. The normalized spacial score (nSPS) is 17.9. The van der Waals surface area contributed by atoms with Crippen LogP contribution >= 0.6 is 28.6 Å². The number of methoxy groups -OCH3 is 1. The standard InChI is InChI=1S/C13H22BrNO3S2/c1-12(2,3)20(17)15-13(4,8-11(16)18-5)7-6-10(14)9-19/h6-7,9,15,19H,8H2,1-5H3/b7-6+,10-9+/t13-,20?/m1/s1. The van der Waals surface area contributed by atoms with Crippen LogP contribution in [0.1, 0.15) is 34.1 Å². The van der Waals surface area contributed by atoms with Crippen molar-refractivity contribution in [3.05, 3.63) is 22.0 Å². The van der Waals surface area contributed by atoms with Gasteiger partial charge in [0.2, 0.25) is 0 Å². The minimum absolute atomic E-state index is 0.0780. The number of rotatable bonds is 6. The molecule has 0 fully saturated rings. The Morgan fingerprint density at radius 1 is 1.40 bits per heavy atom. The predicted octanol–water partition coefficient (Wildman–Crippen LogP) is 3.08. The molecule has 0 aromatic heterocycles. The van der Waals surface area contributed by atoms with E-state index in [4.69, 9.17) is 4.74 Å². The number of halogens is 1. The first kappa shape index (κ1) is 19.9. The van der Waals surface area contributed by atoms with Crippen LogP contribution in [0.5, 0.6) is 0 Å². The zero-order valence-corrected chi connectivity index (χ0v) is 15.7. The second-order valence-corrected chi connectivity index (χ2v) is 8.64. The molecule has 2 atom stereocenters. The zero-order chi connectivity index (χ0) is 16.0. The summed E-state index contributed by atoms with van der Waals surface area (Å²) < 4.78 is 20.2. The highest BCUT2D eigenvalue weighted by Crippen LogP contribution is 2.20. The van der Waals surface area contributed by atoms with Crippen molar-refractivity contribution in [2.45, 2.75) is 44.4 Å². The number of nitrogens with one attached hydrogen (secondary N) is 1. The lowest BCUT2D eigenvalue weighted by molar-refractivity contribution is -0.141. The molecule has 1 N–H and O–H groups in total. The number of thiol groups is 1. The summed E-state index contributed by atoms with van der Waals surface area (Å²) in [4.78, 5) is 11.5. The summed E-state index contributed by atoms with van der Waals surface area (Å²) >= 11 is 7.31. The van der Waals surface area contributed by atoms with Crippen molar-refractivity contribution in [3.63, 3.8) is 0 Å². The summed E-state index contributed by atoms with van der Waals surface area (Å²) in [6, 6.07) is 0. The topological polar surface area (TPSA) is 55.4 Å². The van der Waals surface area contributed by atoms with E-state index in [9.17, 15) is 9.00 Å². The maximum atomic E-state index is 12.2. The third-order valence-corrected chi connectivity index (χ3v) is 5.24. The highest BCUT2D eigenvalue weighted by Gasteiger charge is 2.31. The molecule has 0 heterocycles. The minimum atomic E-state index is -1.30. The molecule has 0 spiro atoms. The van der Waals surface area contributed by atoms with Gasteiger partial charge in [-0.2, -0.15) is 12.6 Å². The molecule has 0 radical (unpaired) electrons. The van der Waals surface area contributed by atoms with E-state index in [1.54, 1.807) is 24.5 Å². The van der Waals surface area contributed by atoms with Crippen molar-refractivity contribution in [2.75, 3.05) is 7.11 Å². The van der Waals surface area contributed by atoms with Gasteiger partial charge in [0.15, 0.2) is 0 Å². The highest BCUT2D eigenvalue weighted by molar-refractivity contribution is 9.12. The fourth-order valence-electron chi connectivity index (χ4n) is 1.17. The molecule has 1 unspecified atom stereocenters. The maximum absolute atomic E-state index is 12.2. The Morgan fingerprint density at radius 2 is 1.95 bits per heavy atom. The average Bonchev–Trinajstić information content (AvgIpc) is 2.34. The lowest BCUT2D eigenvalue weighted by Gasteiger charge is -2.30. The molecule has 20 heavy (non-hydrogen) atoms. The minimum Gasteiger partial charge on any atom is -0.469 e. The van der Waals surface area contributed by atoms with Crippen LogP contribution in [0.3, 0.4) is 0 Å². The van der Waals surface area contributed by atoms with E-state index in [0.29, 0.717) is 0 Å². The van der Waals surface area contributed by atoms with Gasteiger partial charge in [-0.25, -0.2) is 8.93 Å². The molecule has 0 bridgehead atoms. The Morgan fingerprint density at radius 3 is 2.35 bits per heavy atom. The van der Waals surface area contributed by atoms with Crippen LogP contribution in [0.15, 0.2) is 22.0 Å².